The van der Waals surface area contributed by atoms with Gasteiger partial charge in [0.1, 0.15) is 0 Å². The summed E-state index contributed by atoms with van der Waals surface area (Å²) in [7, 11) is 1.61. The molecule has 0 aromatic rings. The molecule has 3 amide bonds. The van der Waals surface area contributed by atoms with Crippen LogP contribution in [-0.2, 0) is 9.59 Å². The SMILES string of the molecule is CNC(=O)C1CCN(C(=O)NCC2(C(=O)O)CC2)CC1. The highest BCUT2D eigenvalue weighted by Gasteiger charge is 2.50. The van der Waals surface area contributed by atoms with Crippen LogP contribution in [0.4, 0.5) is 4.79 Å². The first-order chi connectivity index (χ1) is 9.48. The first kappa shape index (κ1) is 14.6. The number of hydrogen-bond acceptors (Lipinski definition) is 3. The van der Waals surface area contributed by atoms with E-state index in [4.69, 9.17) is 5.11 Å². The molecule has 1 heterocycles. The Bertz CT molecular complexity index is 412. The number of likely N-dealkylation sites (tertiary alicyclic amines) is 1. The van der Waals surface area contributed by atoms with Crippen LogP contribution in [-0.4, -0.2) is 54.6 Å². The van der Waals surface area contributed by atoms with E-state index in [0.29, 0.717) is 38.8 Å². The number of nitrogens with zero attached hydrogens (tertiary/aromatic N) is 1. The Morgan fingerprint density at radius 3 is 2.30 bits per heavy atom. The molecule has 1 aliphatic carbocycles. The molecule has 0 aromatic heterocycles. The molecule has 0 atom stereocenters. The lowest BCUT2D eigenvalue weighted by Crippen LogP contribution is -2.48. The van der Waals surface area contributed by atoms with Gasteiger partial charge >= 0.3 is 12.0 Å². The minimum atomic E-state index is -0.837. The first-order valence-electron chi connectivity index (χ1n) is 6.96. The van der Waals surface area contributed by atoms with E-state index in [1.165, 1.54) is 0 Å². The summed E-state index contributed by atoms with van der Waals surface area (Å²) in [6.07, 6.45) is 2.55. The zero-order chi connectivity index (χ0) is 14.8. The third-order valence-electron chi connectivity index (χ3n) is 4.28. The second-order valence-corrected chi connectivity index (χ2v) is 5.62. The summed E-state index contributed by atoms with van der Waals surface area (Å²) in [5, 5.41) is 14.4. The van der Waals surface area contributed by atoms with Gasteiger partial charge in [0.05, 0.1) is 5.41 Å². The molecule has 20 heavy (non-hydrogen) atoms. The summed E-state index contributed by atoms with van der Waals surface area (Å²) in [6, 6.07) is -0.229. The minimum Gasteiger partial charge on any atom is -0.481 e. The van der Waals surface area contributed by atoms with Gasteiger partial charge in [-0.05, 0) is 25.7 Å². The van der Waals surface area contributed by atoms with Crippen molar-refractivity contribution in [2.24, 2.45) is 11.3 Å². The van der Waals surface area contributed by atoms with Crippen LogP contribution in [0.3, 0.4) is 0 Å². The topological polar surface area (TPSA) is 98.7 Å². The smallest absolute Gasteiger partial charge is 0.317 e. The van der Waals surface area contributed by atoms with Gasteiger partial charge in [0.25, 0.3) is 0 Å². The molecular weight excluding hydrogens is 262 g/mol. The van der Waals surface area contributed by atoms with Crippen molar-refractivity contribution in [1.82, 2.24) is 15.5 Å². The zero-order valence-electron chi connectivity index (χ0n) is 11.6. The van der Waals surface area contributed by atoms with Crippen molar-refractivity contribution in [3.63, 3.8) is 0 Å². The largest absolute Gasteiger partial charge is 0.481 e. The summed E-state index contributed by atoms with van der Waals surface area (Å²) < 4.78 is 0. The average Bonchev–Trinajstić information content (AvgIpc) is 3.25. The predicted molar refractivity (Wildman–Crippen MR) is 71.1 cm³/mol. The normalized spacial score (nSPS) is 21.1. The summed E-state index contributed by atoms with van der Waals surface area (Å²) in [4.78, 5) is 36.1. The molecular formula is C13H21N3O4. The number of carbonyl (C=O) groups excluding carboxylic acids is 2. The summed E-state index contributed by atoms with van der Waals surface area (Å²) in [5.74, 6) is -0.846. The highest BCUT2D eigenvalue weighted by molar-refractivity contribution is 5.81. The number of carbonyl (C=O) groups is 3. The lowest BCUT2D eigenvalue weighted by atomic mass is 9.96. The van der Waals surface area contributed by atoms with Crippen LogP contribution in [0.1, 0.15) is 25.7 Å². The average molecular weight is 283 g/mol. The Morgan fingerprint density at radius 1 is 1.25 bits per heavy atom. The van der Waals surface area contributed by atoms with E-state index < -0.39 is 11.4 Å². The maximum absolute atomic E-state index is 12.0. The van der Waals surface area contributed by atoms with Crippen LogP contribution >= 0.6 is 0 Å². The number of urea groups is 1. The van der Waals surface area contributed by atoms with Gasteiger partial charge in [-0.3, -0.25) is 9.59 Å². The molecule has 0 bridgehead atoms. The van der Waals surface area contributed by atoms with E-state index in [1.807, 2.05) is 0 Å². The zero-order valence-corrected chi connectivity index (χ0v) is 11.6. The van der Waals surface area contributed by atoms with Gasteiger partial charge in [-0.25, -0.2) is 4.79 Å². The number of amides is 3. The second-order valence-electron chi connectivity index (χ2n) is 5.62. The molecule has 7 heteroatoms. The fourth-order valence-electron chi connectivity index (χ4n) is 2.52. The van der Waals surface area contributed by atoms with Crippen molar-refractivity contribution in [3.8, 4) is 0 Å². The van der Waals surface area contributed by atoms with Gasteiger partial charge < -0.3 is 20.6 Å². The standard InChI is InChI=1S/C13H21N3O4/c1-14-10(17)9-2-6-16(7-3-9)12(20)15-8-13(4-5-13)11(18)19/h9H,2-8H2,1H3,(H,14,17)(H,15,20)(H,18,19). The third-order valence-corrected chi connectivity index (χ3v) is 4.28. The Morgan fingerprint density at radius 2 is 1.85 bits per heavy atom. The summed E-state index contributed by atoms with van der Waals surface area (Å²) in [5.41, 5.74) is -0.740. The van der Waals surface area contributed by atoms with Crippen molar-refractivity contribution in [2.75, 3.05) is 26.7 Å². The van der Waals surface area contributed by atoms with Gasteiger partial charge in [0.2, 0.25) is 5.91 Å². The predicted octanol–water partition coefficient (Wildman–Crippen LogP) is 0.0188. The lowest BCUT2D eigenvalue weighted by molar-refractivity contribution is -0.143. The molecule has 2 rings (SSSR count). The molecule has 112 valence electrons. The van der Waals surface area contributed by atoms with E-state index in [9.17, 15) is 14.4 Å². The lowest BCUT2D eigenvalue weighted by Gasteiger charge is -2.31. The summed E-state index contributed by atoms with van der Waals surface area (Å²) in [6.45, 7) is 1.25. The van der Waals surface area contributed by atoms with Crippen molar-refractivity contribution in [1.29, 1.82) is 0 Å². The number of hydrogen-bond donors (Lipinski definition) is 3. The minimum absolute atomic E-state index is 0.0212. The van der Waals surface area contributed by atoms with E-state index in [0.717, 1.165) is 0 Å². The number of piperidine rings is 1. The molecule has 1 saturated heterocycles. The Kier molecular flexibility index (Phi) is 4.15. The van der Waals surface area contributed by atoms with Crippen molar-refractivity contribution in [2.45, 2.75) is 25.7 Å². The maximum Gasteiger partial charge on any atom is 0.317 e. The number of carboxylic acid groups (broad SMARTS) is 1. The van der Waals surface area contributed by atoms with Gasteiger partial charge in [-0.2, -0.15) is 0 Å². The van der Waals surface area contributed by atoms with E-state index in [-0.39, 0.29) is 24.4 Å². The number of carboxylic acids is 1. The monoisotopic (exact) mass is 283 g/mol. The highest BCUT2D eigenvalue weighted by Crippen LogP contribution is 2.45. The molecule has 1 saturated carbocycles. The van der Waals surface area contributed by atoms with Crippen LogP contribution in [0.15, 0.2) is 0 Å². The van der Waals surface area contributed by atoms with Crippen LogP contribution in [0.25, 0.3) is 0 Å². The summed E-state index contributed by atoms with van der Waals surface area (Å²) >= 11 is 0. The quantitative estimate of drug-likeness (QED) is 0.677. The van der Waals surface area contributed by atoms with E-state index in [2.05, 4.69) is 10.6 Å². The molecule has 7 nitrogen and oxygen atoms in total. The third kappa shape index (κ3) is 3.02. The fraction of sp³-hybridized carbons (Fsp3) is 0.769. The van der Waals surface area contributed by atoms with Crippen LogP contribution in [0, 0.1) is 11.3 Å². The van der Waals surface area contributed by atoms with Crippen LogP contribution in [0.5, 0.6) is 0 Å². The molecule has 2 fully saturated rings. The molecule has 3 N–H and O–H groups in total. The first-order valence-corrected chi connectivity index (χ1v) is 6.96. The fourth-order valence-corrected chi connectivity index (χ4v) is 2.52. The van der Waals surface area contributed by atoms with Crippen molar-refractivity contribution < 1.29 is 19.5 Å². The van der Waals surface area contributed by atoms with Crippen molar-refractivity contribution >= 4 is 17.9 Å². The molecule has 0 spiro atoms. The highest BCUT2D eigenvalue weighted by atomic mass is 16.4. The van der Waals surface area contributed by atoms with Gasteiger partial charge in [0.15, 0.2) is 0 Å². The number of aliphatic carboxylic acids is 1. The maximum atomic E-state index is 12.0. The molecule has 0 radical (unpaired) electrons. The van der Waals surface area contributed by atoms with E-state index in [1.54, 1.807) is 11.9 Å². The Labute approximate surface area is 117 Å². The van der Waals surface area contributed by atoms with Crippen LogP contribution in [0.2, 0.25) is 0 Å². The van der Waals surface area contributed by atoms with Gasteiger partial charge in [-0.1, -0.05) is 0 Å². The number of rotatable bonds is 4. The second kappa shape index (κ2) is 5.68. The number of nitrogens with one attached hydrogen (secondary N) is 2. The Hall–Kier alpha value is -1.79. The van der Waals surface area contributed by atoms with Crippen molar-refractivity contribution in [3.05, 3.63) is 0 Å². The molecule has 1 aliphatic heterocycles. The van der Waals surface area contributed by atoms with E-state index >= 15 is 0 Å². The Balaban J connectivity index is 1.75. The molecule has 2 aliphatic rings. The van der Waals surface area contributed by atoms with Crippen LogP contribution < -0.4 is 10.6 Å². The van der Waals surface area contributed by atoms with Gasteiger partial charge in [-0.15, -0.1) is 0 Å². The van der Waals surface area contributed by atoms with Gasteiger partial charge in [0, 0.05) is 32.6 Å². The molecule has 0 aromatic carbocycles. The molecule has 0 unspecified atom stereocenters.